The fraction of sp³-hybridized carbons (Fsp3) is 0.0588. The molecule has 7 heteroatoms. The van der Waals surface area contributed by atoms with E-state index in [2.05, 4.69) is 20.5 Å². The van der Waals surface area contributed by atoms with Gasteiger partial charge in [-0.2, -0.15) is 0 Å². The molecule has 0 saturated carbocycles. The van der Waals surface area contributed by atoms with Gasteiger partial charge in [-0.25, -0.2) is 0 Å². The molecule has 4 heterocycles. The van der Waals surface area contributed by atoms with Gasteiger partial charge in [0.2, 0.25) is 0 Å². The summed E-state index contributed by atoms with van der Waals surface area (Å²) in [6, 6.07) is 10.9. The lowest BCUT2D eigenvalue weighted by Crippen LogP contribution is -2.23. The Hall–Kier alpha value is -3.48. The molecule has 1 N–H and O–H groups in total. The minimum Gasteiger partial charge on any atom is -0.472 e. The van der Waals surface area contributed by atoms with Gasteiger partial charge in [0.15, 0.2) is 11.5 Å². The molecule has 0 spiro atoms. The maximum Gasteiger partial charge on any atom is 0.253 e. The average Bonchev–Trinajstić information content (AvgIpc) is 3.29. The topological polar surface area (TPSA) is 85.3 Å². The zero-order valence-electron chi connectivity index (χ0n) is 12.6. The van der Waals surface area contributed by atoms with Crippen LogP contribution in [0.5, 0.6) is 0 Å². The first kappa shape index (κ1) is 14.1. The molecule has 7 nitrogen and oxygen atoms in total. The molecule has 0 saturated heterocycles. The Labute approximate surface area is 137 Å². The van der Waals surface area contributed by atoms with Gasteiger partial charge in [0.25, 0.3) is 5.91 Å². The second kappa shape index (κ2) is 5.96. The van der Waals surface area contributed by atoms with Crippen molar-refractivity contribution in [2.45, 2.75) is 6.54 Å². The summed E-state index contributed by atoms with van der Waals surface area (Å²) in [5.74, 6) is 0.438. The van der Waals surface area contributed by atoms with Crippen LogP contribution in [-0.2, 0) is 6.54 Å². The smallest absolute Gasteiger partial charge is 0.253 e. The van der Waals surface area contributed by atoms with Crippen LogP contribution in [0.3, 0.4) is 0 Å². The van der Waals surface area contributed by atoms with Crippen molar-refractivity contribution in [3.63, 3.8) is 0 Å². The molecule has 1 amide bonds. The number of hydrogen-bond donors (Lipinski definition) is 1. The van der Waals surface area contributed by atoms with E-state index in [0.29, 0.717) is 23.6 Å². The van der Waals surface area contributed by atoms with E-state index in [1.165, 1.54) is 0 Å². The van der Waals surface area contributed by atoms with Crippen molar-refractivity contribution in [2.24, 2.45) is 0 Å². The first-order valence-corrected chi connectivity index (χ1v) is 7.37. The van der Waals surface area contributed by atoms with E-state index in [4.69, 9.17) is 4.42 Å². The summed E-state index contributed by atoms with van der Waals surface area (Å²) < 4.78 is 6.85. The minimum absolute atomic E-state index is 0.186. The molecule has 0 aliphatic heterocycles. The van der Waals surface area contributed by atoms with Gasteiger partial charge >= 0.3 is 0 Å². The molecule has 0 aliphatic rings. The SMILES string of the molecule is O=C(NCc1ccccn1)c1ccc2nnc(-c3ccoc3)n2c1. The zero-order valence-corrected chi connectivity index (χ0v) is 12.6. The number of aromatic nitrogens is 4. The monoisotopic (exact) mass is 319 g/mol. The molecule has 4 rings (SSSR count). The predicted octanol–water partition coefficient (Wildman–Crippen LogP) is 2.31. The average molecular weight is 319 g/mol. The third kappa shape index (κ3) is 2.63. The van der Waals surface area contributed by atoms with Crippen molar-refractivity contribution in [1.29, 1.82) is 0 Å². The van der Waals surface area contributed by atoms with Crippen LogP contribution in [0.1, 0.15) is 16.1 Å². The van der Waals surface area contributed by atoms with Crippen molar-refractivity contribution in [3.05, 3.63) is 72.6 Å². The lowest BCUT2D eigenvalue weighted by molar-refractivity contribution is 0.0950. The summed E-state index contributed by atoms with van der Waals surface area (Å²) in [5, 5.41) is 11.1. The summed E-state index contributed by atoms with van der Waals surface area (Å²) in [6.07, 6.45) is 6.57. The molecule has 0 unspecified atom stereocenters. The number of rotatable bonds is 4. The number of hydrogen-bond acceptors (Lipinski definition) is 5. The number of amides is 1. The highest BCUT2D eigenvalue weighted by molar-refractivity contribution is 5.94. The van der Waals surface area contributed by atoms with Crippen molar-refractivity contribution in [1.82, 2.24) is 24.9 Å². The Bertz CT molecular complexity index is 977. The Morgan fingerprint density at radius 1 is 1.17 bits per heavy atom. The van der Waals surface area contributed by atoms with Crippen molar-refractivity contribution >= 4 is 11.6 Å². The molecule has 118 valence electrons. The van der Waals surface area contributed by atoms with Gasteiger partial charge in [-0.05, 0) is 30.3 Å². The maximum absolute atomic E-state index is 12.4. The standard InChI is InChI=1S/C17H13N5O2/c23-17(19-9-14-3-1-2-7-18-14)12-4-5-15-20-21-16(22(15)10-12)13-6-8-24-11-13/h1-8,10-11H,9H2,(H,19,23). The Kier molecular flexibility index (Phi) is 3.51. The van der Waals surface area contributed by atoms with E-state index in [-0.39, 0.29) is 5.91 Å². The van der Waals surface area contributed by atoms with Crippen LogP contribution in [0.15, 0.2) is 65.7 Å². The molecule has 0 radical (unpaired) electrons. The van der Waals surface area contributed by atoms with E-state index in [0.717, 1.165) is 11.3 Å². The zero-order chi connectivity index (χ0) is 16.4. The number of furan rings is 1. The summed E-state index contributed by atoms with van der Waals surface area (Å²) >= 11 is 0. The third-order valence-corrected chi connectivity index (χ3v) is 3.60. The molecular formula is C17H13N5O2. The van der Waals surface area contributed by atoms with Crippen LogP contribution in [-0.4, -0.2) is 25.5 Å². The summed E-state index contributed by atoms with van der Waals surface area (Å²) in [5.41, 5.74) is 2.78. The highest BCUT2D eigenvalue weighted by Crippen LogP contribution is 2.19. The van der Waals surface area contributed by atoms with Crippen LogP contribution >= 0.6 is 0 Å². The number of nitrogens with one attached hydrogen (secondary N) is 1. The van der Waals surface area contributed by atoms with Crippen LogP contribution in [0.2, 0.25) is 0 Å². The van der Waals surface area contributed by atoms with Crippen molar-refractivity contribution in [3.8, 4) is 11.4 Å². The summed E-state index contributed by atoms with van der Waals surface area (Å²) in [4.78, 5) is 16.6. The maximum atomic E-state index is 12.4. The van der Waals surface area contributed by atoms with Gasteiger partial charge in [-0.1, -0.05) is 6.07 Å². The highest BCUT2D eigenvalue weighted by atomic mass is 16.3. The summed E-state index contributed by atoms with van der Waals surface area (Å²) in [6.45, 7) is 0.370. The third-order valence-electron chi connectivity index (χ3n) is 3.60. The molecule has 4 aromatic heterocycles. The Morgan fingerprint density at radius 2 is 2.12 bits per heavy atom. The lowest BCUT2D eigenvalue weighted by atomic mass is 10.2. The molecule has 0 fully saturated rings. The van der Waals surface area contributed by atoms with Gasteiger partial charge in [0, 0.05) is 12.4 Å². The fourth-order valence-electron chi connectivity index (χ4n) is 2.39. The molecule has 0 bridgehead atoms. The van der Waals surface area contributed by atoms with E-state index in [9.17, 15) is 4.79 Å². The van der Waals surface area contributed by atoms with Crippen molar-refractivity contribution < 1.29 is 9.21 Å². The van der Waals surface area contributed by atoms with E-state index >= 15 is 0 Å². The van der Waals surface area contributed by atoms with Gasteiger partial charge in [0.05, 0.1) is 29.6 Å². The van der Waals surface area contributed by atoms with Gasteiger partial charge < -0.3 is 9.73 Å². The highest BCUT2D eigenvalue weighted by Gasteiger charge is 2.12. The first-order chi connectivity index (χ1) is 11.8. The molecule has 0 aliphatic carbocycles. The van der Waals surface area contributed by atoms with Crippen LogP contribution in [0, 0.1) is 0 Å². The second-order valence-electron chi connectivity index (χ2n) is 5.19. The van der Waals surface area contributed by atoms with E-state index in [1.807, 2.05) is 18.2 Å². The van der Waals surface area contributed by atoms with Crippen molar-refractivity contribution in [2.75, 3.05) is 0 Å². The second-order valence-corrected chi connectivity index (χ2v) is 5.19. The predicted molar refractivity (Wildman–Crippen MR) is 86.1 cm³/mol. The number of fused-ring (bicyclic) bond motifs is 1. The Balaban J connectivity index is 1.60. The molecule has 0 aromatic carbocycles. The first-order valence-electron chi connectivity index (χ1n) is 7.37. The van der Waals surface area contributed by atoms with E-state index in [1.54, 1.807) is 47.5 Å². The number of carbonyl (C=O) groups is 1. The molecular weight excluding hydrogens is 306 g/mol. The van der Waals surface area contributed by atoms with Gasteiger partial charge in [0.1, 0.15) is 6.26 Å². The normalized spacial score (nSPS) is 10.8. The summed E-state index contributed by atoms with van der Waals surface area (Å²) in [7, 11) is 0. The van der Waals surface area contributed by atoms with Crippen LogP contribution < -0.4 is 5.32 Å². The Morgan fingerprint density at radius 3 is 2.92 bits per heavy atom. The minimum atomic E-state index is -0.186. The van der Waals surface area contributed by atoms with Crippen LogP contribution in [0.4, 0.5) is 0 Å². The van der Waals surface area contributed by atoms with Crippen LogP contribution in [0.25, 0.3) is 17.0 Å². The van der Waals surface area contributed by atoms with E-state index < -0.39 is 0 Å². The largest absolute Gasteiger partial charge is 0.472 e. The lowest BCUT2D eigenvalue weighted by Gasteiger charge is -2.05. The molecule has 0 atom stereocenters. The number of nitrogens with zero attached hydrogens (tertiary/aromatic N) is 4. The van der Waals surface area contributed by atoms with Gasteiger partial charge in [-0.3, -0.25) is 14.2 Å². The quantitative estimate of drug-likeness (QED) is 0.624. The molecule has 4 aromatic rings. The fourth-order valence-corrected chi connectivity index (χ4v) is 2.39. The van der Waals surface area contributed by atoms with Gasteiger partial charge in [-0.15, -0.1) is 10.2 Å². The number of carbonyl (C=O) groups excluding carboxylic acids is 1. The number of pyridine rings is 2. The molecule has 24 heavy (non-hydrogen) atoms.